The lowest BCUT2D eigenvalue weighted by molar-refractivity contribution is 0.0792. The molecule has 0 unspecified atom stereocenters. The summed E-state index contributed by atoms with van der Waals surface area (Å²) in [6.07, 6.45) is 2.12. The highest BCUT2D eigenvalue weighted by atomic mass is 35.5. The Morgan fingerprint density at radius 1 is 0.957 bits per heavy atom. The summed E-state index contributed by atoms with van der Waals surface area (Å²) in [6.45, 7) is 1.63. The van der Waals surface area contributed by atoms with Crippen molar-refractivity contribution in [2.24, 2.45) is 0 Å². The Morgan fingerprint density at radius 2 is 1.61 bits per heavy atom. The molecule has 0 radical (unpaired) electrons. The molecule has 1 N–H and O–H groups in total. The molecule has 5 heteroatoms. The molecule has 1 saturated heterocycles. The number of benzene rings is 2. The van der Waals surface area contributed by atoms with Crippen molar-refractivity contribution >= 4 is 29.1 Å². The molecule has 2 aromatic rings. The van der Waals surface area contributed by atoms with E-state index in [0.29, 0.717) is 21.8 Å². The maximum absolute atomic E-state index is 12.3. The zero-order chi connectivity index (χ0) is 16.2. The van der Waals surface area contributed by atoms with Gasteiger partial charge in [-0.3, -0.25) is 9.59 Å². The van der Waals surface area contributed by atoms with E-state index in [-0.39, 0.29) is 11.8 Å². The van der Waals surface area contributed by atoms with Gasteiger partial charge in [-0.2, -0.15) is 0 Å². The third-order valence-corrected chi connectivity index (χ3v) is 4.10. The van der Waals surface area contributed by atoms with Gasteiger partial charge >= 0.3 is 0 Å². The minimum Gasteiger partial charge on any atom is -0.339 e. The highest BCUT2D eigenvalue weighted by molar-refractivity contribution is 6.31. The van der Waals surface area contributed by atoms with Crippen LogP contribution in [-0.2, 0) is 0 Å². The van der Waals surface area contributed by atoms with Gasteiger partial charge in [0, 0.05) is 34.9 Å². The van der Waals surface area contributed by atoms with Crippen molar-refractivity contribution in [2.75, 3.05) is 18.4 Å². The number of anilines is 1. The fraction of sp³-hybridized carbons (Fsp3) is 0.222. The second kappa shape index (κ2) is 6.84. The summed E-state index contributed by atoms with van der Waals surface area (Å²) in [5.41, 5.74) is 1.76. The normalized spacial score (nSPS) is 13.9. The molecule has 0 aliphatic carbocycles. The van der Waals surface area contributed by atoms with Crippen molar-refractivity contribution in [3.63, 3.8) is 0 Å². The fourth-order valence-corrected chi connectivity index (χ4v) is 2.83. The minimum atomic E-state index is -0.229. The van der Waals surface area contributed by atoms with Crippen LogP contribution in [-0.4, -0.2) is 29.8 Å². The Morgan fingerprint density at radius 3 is 2.26 bits per heavy atom. The maximum atomic E-state index is 12.3. The minimum absolute atomic E-state index is 0.0318. The van der Waals surface area contributed by atoms with E-state index in [9.17, 15) is 9.59 Å². The third kappa shape index (κ3) is 3.71. The molecule has 1 fully saturated rings. The van der Waals surface area contributed by atoms with Gasteiger partial charge in [0.2, 0.25) is 0 Å². The second-order valence-corrected chi connectivity index (χ2v) is 5.98. The van der Waals surface area contributed by atoms with Crippen molar-refractivity contribution in [3.8, 4) is 0 Å². The van der Waals surface area contributed by atoms with Crippen molar-refractivity contribution < 1.29 is 9.59 Å². The summed E-state index contributed by atoms with van der Waals surface area (Å²) in [5.74, 6) is -0.197. The third-order valence-electron chi connectivity index (χ3n) is 3.87. The summed E-state index contributed by atoms with van der Waals surface area (Å²) in [4.78, 5) is 26.3. The van der Waals surface area contributed by atoms with Crippen molar-refractivity contribution in [2.45, 2.75) is 12.8 Å². The van der Waals surface area contributed by atoms with Crippen LogP contribution in [0.1, 0.15) is 33.6 Å². The number of likely N-dealkylation sites (tertiary alicyclic amines) is 1. The molecule has 1 aliphatic rings. The lowest BCUT2D eigenvalue weighted by Gasteiger charge is -2.15. The van der Waals surface area contributed by atoms with Gasteiger partial charge in [-0.15, -0.1) is 0 Å². The molecule has 0 spiro atoms. The van der Waals surface area contributed by atoms with Crippen molar-refractivity contribution in [1.29, 1.82) is 0 Å². The monoisotopic (exact) mass is 328 g/mol. The number of carbonyl (C=O) groups excluding carboxylic acids is 2. The van der Waals surface area contributed by atoms with E-state index in [4.69, 9.17) is 11.6 Å². The van der Waals surface area contributed by atoms with Crippen LogP contribution in [0, 0.1) is 0 Å². The molecule has 3 rings (SSSR count). The number of rotatable bonds is 3. The van der Waals surface area contributed by atoms with E-state index in [0.717, 1.165) is 25.9 Å². The number of hydrogen-bond acceptors (Lipinski definition) is 2. The van der Waals surface area contributed by atoms with E-state index in [1.54, 1.807) is 48.5 Å². The number of nitrogens with one attached hydrogen (secondary N) is 1. The predicted octanol–water partition coefficient (Wildman–Crippen LogP) is 3.83. The predicted molar refractivity (Wildman–Crippen MR) is 91.0 cm³/mol. The SMILES string of the molecule is O=C(Nc1cccc(Cl)c1)c1ccc(C(=O)N2CCCC2)cc1. The maximum Gasteiger partial charge on any atom is 0.255 e. The van der Waals surface area contributed by atoms with E-state index in [2.05, 4.69) is 5.32 Å². The molecular formula is C18H17ClN2O2. The van der Waals surface area contributed by atoms with E-state index in [1.165, 1.54) is 0 Å². The fourth-order valence-electron chi connectivity index (χ4n) is 2.64. The summed E-state index contributed by atoms with van der Waals surface area (Å²) in [6, 6.07) is 13.7. The highest BCUT2D eigenvalue weighted by Gasteiger charge is 2.19. The molecular weight excluding hydrogens is 312 g/mol. The molecule has 2 amide bonds. The molecule has 0 aromatic heterocycles. The highest BCUT2D eigenvalue weighted by Crippen LogP contribution is 2.17. The van der Waals surface area contributed by atoms with Crippen LogP contribution in [0.2, 0.25) is 5.02 Å². The van der Waals surface area contributed by atoms with Gasteiger partial charge < -0.3 is 10.2 Å². The molecule has 118 valence electrons. The molecule has 23 heavy (non-hydrogen) atoms. The quantitative estimate of drug-likeness (QED) is 0.931. The number of carbonyl (C=O) groups is 2. The Kier molecular flexibility index (Phi) is 4.63. The smallest absolute Gasteiger partial charge is 0.255 e. The standard InChI is InChI=1S/C18H17ClN2O2/c19-15-4-3-5-16(12-15)20-17(22)13-6-8-14(9-7-13)18(23)21-10-1-2-11-21/h3-9,12H,1-2,10-11H2,(H,20,22). The lowest BCUT2D eigenvalue weighted by atomic mass is 10.1. The van der Waals surface area contributed by atoms with E-state index < -0.39 is 0 Å². The number of amides is 2. The van der Waals surface area contributed by atoms with Gasteiger partial charge in [0.05, 0.1) is 0 Å². The molecule has 0 bridgehead atoms. The number of nitrogens with zero attached hydrogens (tertiary/aromatic N) is 1. The van der Waals surface area contributed by atoms with Gasteiger partial charge in [0.1, 0.15) is 0 Å². The lowest BCUT2D eigenvalue weighted by Crippen LogP contribution is -2.27. The summed E-state index contributed by atoms with van der Waals surface area (Å²) >= 11 is 5.90. The molecule has 1 aliphatic heterocycles. The first kappa shape index (κ1) is 15.6. The van der Waals surface area contributed by atoms with Gasteiger partial charge in [-0.1, -0.05) is 17.7 Å². The zero-order valence-corrected chi connectivity index (χ0v) is 13.3. The number of hydrogen-bond donors (Lipinski definition) is 1. The summed E-state index contributed by atoms with van der Waals surface area (Å²) in [7, 11) is 0. The van der Waals surface area contributed by atoms with Crippen LogP contribution >= 0.6 is 11.6 Å². The van der Waals surface area contributed by atoms with E-state index >= 15 is 0 Å². The Bertz CT molecular complexity index is 722. The van der Waals surface area contributed by atoms with Crippen LogP contribution < -0.4 is 5.32 Å². The Balaban J connectivity index is 1.69. The Hall–Kier alpha value is -2.33. The van der Waals surface area contributed by atoms with Crippen molar-refractivity contribution in [3.05, 3.63) is 64.7 Å². The zero-order valence-electron chi connectivity index (χ0n) is 12.6. The number of halogens is 1. The second-order valence-electron chi connectivity index (χ2n) is 5.54. The molecule has 0 atom stereocenters. The van der Waals surface area contributed by atoms with Crippen molar-refractivity contribution in [1.82, 2.24) is 4.90 Å². The molecule has 0 saturated carbocycles. The van der Waals surface area contributed by atoms with Crippen LogP contribution in [0.25, 0.3) is 0 Å². The van der Waals surface area contributed by atoms with Gasteiger partial charge in [0.15, 0.2) is 0 Å². The van der Waals surface area contributed by atoms with Crippen LogP contribution in [0.3, 0.4) is 0 Å². The summed E-state index contributed by atoms with van der Waals surface area (Å²) < 4.78 is 0. The van der Waals surface area contributed by atoms with Gasteiger partial charge in [0.25, 0.3) is 11.8 Å². The summed E-state index contributed by atoms with van der Waals surface area (Å²) in [5, 5.41) is 3.35. The van der Waals surface area contributed by atoms with Crippen LogP contribution in [0.5, 0.6) is 0 Å². The topological polar surface area (TPSA) is 49.4 Å². The first-order chi connectivity index (χ1) is 11.1. The Labute approximate surface area is 140 Å². The van der Waals surface area contributed by atoms with Gasteiger partial charge in [-0.25, -0.2) is 0 Å². The first-order valence-corrected chi connectivity index (χ1v) is 7.97. The first-order valence-electron chi connectivity index (χ1n) is 7.60. The molecule has 2 aromatic carbocycles. The van der Waals surface area contributed by atoms with Crippen LogP contribution in [0.15, 0.2) is 48.5 Å². The largest absolute Gasteiger partial charge is 0.339 e. The molecule has 4 nitrogen and oxygen atoms in total. The average Bonchev–Trinajstić information content (AvgIpc) is 3.09. The average molecular weight is 329 g/mol. The van der Waals surface area contributed by atoms with Crippen LogP contribution in [0.4, 0.5) is 5.69 Å². The van der Waals surface area contributed by atoms with Gasteiger partial charge in [-0.05, 0) is 55.3 Å². The molecule has 1 heterocycles. The van der Waals surface area contributed by atoms with E-state index in [1.807, 2.05) is 4.90 Å².